The molecule has 4 unspecified atom stereocenters. The minimum Gasteiger partial charge on any atom is -0.356 e. The van der Waals surface area contributed by atoms with Gasteiger partial charge in [-0.25, -0.2) is 0 Å². The first-order valence-corrected chi connectivity index (χ1v) is 8.35. The molecule has 3 fully saturated rings. The van der Waals surface area contributed by atoms with Crippen molar-refractivity contribution < 1.29 is 14.4 Å². The number of Topliss-reactive ketones (excluding diaryl/α,β-unsaturated/α-hetero) is 1. The maximum absolute atomic E-state index is 11.8. The SMILES string of the molecule is CC1C(CCNC(=O)C2CCC2)NOC2CC(=O)CCC21. The molecule has 5 heteroatoms. The lowest BCUT2D eigenvalue weighted by atomic mass is 9.74. The number of carbonyl (C=O) groups excluding carboxylic acids is 2. The number of fused-ring (bicyclic) bond motifs is 1. The summed E-state index contributed by atoms with van der Waals surface area (Å²) in [4.78, 5) is 29.0. The number of nitrogens with one attached hydrogen (secondary N) is 2. The van der Waals surface area contributed by atoms with Gasteiger partial charge in [0.25, 0.3) is 0 Å². The zero-order valence-electron chi connectivity index (χ0n) is 12.8. The smallest absolute Gasteiger partial charge is 0.223 e. The van der Waals surface area contributed by atoms with E-state index in [-0.39, 0.29) is 24.0 Å². The fraction of sp³-hybridized carbons (Fsp3) is 0.875. The molecule has 0 aromatic rings. The van der Waals surface area contributed by atoms with Gasteiger partial charge in [-0.05, 0) is 37.5 Å². The first kappa shape index (κ1) is 15.0. The van der Waals surface area contributed by atoms with Crippen molar-refractivity contribution in [2.75, 3.05) is 6.54 Å². The molecule has 1 amide bonds. The summed E-state index contributed by atoms with van der Waals surface area (Å²) in [5.41, 5.74) is 3.12. The van der Waals surface area contributed by atoms with Crippen LogP contribution in [0.15, 0.2) is 0 Å². The van der Waals surface area contributed by atoms with Gasteiger partial charge in [-0.2, -0.15) is 5.48 Å². The zero-order chi connectivity index (χ0) is 14.8. The van der Waals surface area contributed by atoms with E-state index in [4.69, 9.17) is 4.84 Å². The molecule has 3 rings (SSSR count). The average molecular weight is 294 g/mol. The van der Waals surface area contributed by atoms with Gasteiger partial charge in [0.1, 0.15) is 5.78 Å². The normalized spacial score (nSPS) is 36.7. The van der Waals surface area contributed by atoms with Gasteiger partial charge in [-0.1, -0.05) is 13.3 Å². The lowest BCUT2D eigenvalue weighted by Crippen LogP contribution is -2.53. The molecular weight excluding hydrogens is 268 g/mol. The number of hydrogen-bond donors (Lipinski definition) is 2. The van der Waals surface area contributed by atoms with Crippen LogP contribution >= 0.6 is 0 Å². The van der Waals surface area contributed by atoms with Crippen LogP contribution in [-0.2, 0) is 14.4 Å². The van der Waals surface area contributed by atoms with E-state index in [1.807, 2.05) is 0 Å². The second-order valence-electron chi connectivity index (χ2n) is 6.89. The summed E-state index contributed by atoms with van der Waals surface area (Å²) in [7, 11) is 0. The van der Waals surface area contributed by atoms with Crippen LogP contribution in [0.1, 0.15) is 51.9 Å². The molecule has 2 saturated carbocycles. The Labute approximate surface area is 126 Å². The molecule has 2 N–H and O–H groups in total. The van der Waals surface area contributed by atoms with E-state index in [0.717, 1.165) is 25.7 Å². The summed E-state index contributed by atoms with van der Waals surface area (Å²) in [6, 6.07) is 0.265. The van der Waals surface area contributed by atoms with Gasteiger partial charge >= 0.3 is 0 Å². The van der Waals surface area contributed by atoms with Gasteiger partial charge < -0.3 is 5.32 Å². The van der Waals surface area contributed by atoms with Gasteiger partial charge in [0.05, 0.1) is 6.10 Å². The van der Waals surface area contributed by atoms with Crippen molar-refractivity contribution in [3.05, 3.63) is 0 Å². The quantitative estimate of drug-likeness (QED) is 0.826. The lowest BCUT2D eigenvalue weighted by molar-refractivity contribution is -0.160. The summed E-state index contributed by atoms with van der Waals surface area (Å²) >= 11 is 0. The molecule has 0 aromatic carbocycles. The molecule has 0 spiro atoms. The zero-order valence-corrected chi connectivity index (χ0v) is 12.8. The van der Waals surface area contributed by atoms with Crippen molar-refractivity contribution in [1.82, 2.24) is 10.8 Å². The van der Waals surface area contributed by atoms with Crippen LogP contribution in [0.3, 0.4) is 0 Å². The van der Waals surface area contributed by atoms with Crippen LogP contribution in [0.2, 0.25) is 0 Å². The lowest BCUT2D eigenvalue weighted by Gasteiger charge is -2.43. The summed E-state index contributed by atoms with van der Waals surface area (Å²) in [5.74, 6) is 1.74. The predicted molar refractivity (Wildman–Crippen MR) is 78.3 cm³/mol. The molecule has 0 aromatic heterocycles. The van der Waals surface area contributed by atoms with Gasteiger partial charge in [-0.15, -0.1) is 0 Å². The molecule has 4 atom stereocenters. The summed E-state index contributed by atoms with van der Waals surface area (Å²) in [5, 5.41) is 3.04. The maximum Gasteiger partial charge on any atom is 0.223 e. The summed E-state index contributed by atoms with van der Waals surface area (Å²) < 4.78 is 0. The monoisotopic (exact) mass is 294 g/mol. The van der Waals surface area contributed by atoms with Crippen LogP contribution in [0.25, 0.3) is 0 Å². The Morgan fingerprint density at radius 3 is 2.90 bits per heavy atom. The Morgan fingerprint density at radius 2 is 2.19 bits per heavy atom. The highest BCUT2D eigenvalue weighted by Gasteiger charge is 2.41. The molecular formula is C16H26N2O3. The molecule has 0 bridgehead atoms. The topological polar surface area (TPSA) is 67.4 Å². The van der Waals surface area contributed by atoms with Crippen LogP contribution in [-0.4, -0.2) is 30.4 Å². The number of amides is 1. The van der Waals surface area contributed by atoms with Crippen LogP contribution in [0.5, 0.6) is 0 Å². The highest BCUT2D eigenvalue weighted by molar-refractivity contribution is 5.80. The van der Waals surface area contributed by atoms with E-state index >= 15 is 0 Å². The standard InChI is InChI=1S/C16H26N2O3/c1-10-13-6-5-12(19)9-15(13)21-18-14(10)7-8-17-16(20)11-3-2-4-11/h10-11,13-15,18H,2-9H2,1H3,(H,17,20). The maximum atomic E-state index is 11.8. The first-order chi connectivity index (χ1) is 10.1. The predicted octanol–water partition coefficient (Wildman–Crippen LogP) is 1.57. The minimum absolute atomic E-state index is 0.0436. The van der Waals surface area contributed by atoms with E-state index in [2.05, 4.69) is 17.7 Å². The van der Waals surface area contributed by atoms with Crippen LogP contribution < -0.4 is 10.8 Å². The van der Waals surface area contributed by atoms with E-state index in [9.17, 15) is 9.59 Å². The highest BCUT2D eigenvalue weighted by Crippen LogP contribution is 2.36. The minimum atomic E-state index is 0.0436. The number of hydrogen-bond acceptors (Lipinski definition) is 4. The van der Waals surface area contributed by atoms with E-state index in [1.165, 1.54) is 6.42 Å². The van der Waals surface area contributed by atoms with Crippen molar-refractivity contribution in [2.24, 2.45) is 17.8 Å². The van der Waals surface area contributed by atoms with E-state index in [0.29, 0.717) is 37.0 Å². The van der Waals surface area contributed by atoms with Crippen molar-refractivity contribution in [3.8, 4) is 0 Å². The molecule has 3 aliphatic rings. The van der Waals surface area contributed by atoms with Crippen LogP contribution in [0.4, 0.5) is 0 Å². The molecule has 2 aliphatic carbocycles. The third-order valence-corrected chi connectivity index (χ3v) is 5.57. The van der Waals surface area contributed by atoms with Crippen LogP contribution in [0, 0.1) is 17.8 Å². The van der Waals surface area contributed by atoms with Gasteiger partial charge in [0, 0.05) is 31.3 Å². The molecule has 1 heterocycles. The number of carbonyl (C=O) groups is 2. The summed E-state index contributed by atoms with van der Waals surface area (Å²) in [6.07, 6.45) is 6.40. The van der Waals surface area contributed by atoms with Crippen molar-refractivity contribution >= 4 is 11.7 Å². The fourth-order valence-corrected chi connectivity index (χ4v) is 3.79. The van der Waals surface area contributed by atoms with Crippen molar-refractivity contribution in [2.45, 2.75) is 64.0 Å². The van der Waals surface area contributed by atoms with Gasteiger partial charge in [0.2, 0.25) is 5.91 Å². The Morgan fingerprint density at radius 1 is 1.38 bits per heavy atom. The Kier molecular flexibility index (Phi) is 4.60. The molecule has 5 nitrogen and oxygen atoms in total. The van der Waals surface area contributed by atoms with Crippen molar-refractivity contribution in [3.63, 3.8) is 0 Å². The Hall–Kier alpha value is -0.940. The fourth-order valence-electron chi connectivity index (χ4n) is 3.79. The second-order valence-corrected chi connectivity index (χ2v) is 6.89. The average Bonchev–Trinajstić information content (AvgIpc) is 2.39. The number of ketones is 1. The van der Waals surface area contributed by atoms with Crippen molar-refractivity contribution in [1.29, 1.82) is 0 Å². The molecule has 118 valence electrons. The summed E-state index contributed by atoms with van der Waals surface area (Å²) in [6.45, 7) is 2.94. The van der Waals surface area contributed by atoms with E-state index < -0.39 is 0 Å². The molecule has 1 saturated heterocycles. The van der Waals surface area contributed by atoms with Gasteiger partial charge in [-0.3, -0.25) is 14.4 Å². The molecule has 1 aliphatic heterocycles. The third-order valence-electron chi connectivity index (χ3n) is 5.57. The molecule has 21 heavy (non-hydrogen) atoms. The van der Waals surface area contributed by atoms with Gasteiger partial charge in [0.15, 0.2) is 0 Å². The Balaban J connectivity index is 1.43. The van der Waals surface area contributed by atoms with E-state index in [1.54, 1.807) is 0 Å². The first-order valence-electron chi connectivity index (χ1n) is 8.35. The number of hydroxylamine groups is 1. The third kappa shape index (κ3) is 3.29. The molecule has 0 radical (unpaired) electrons. The highest BCUT2D eigenvalue weighted by atomic mass is 16.7. The second kappa shape index (κ2) is 6.44. The number of rotatable bonds is 4. The Bertz CT molecular complexity index is 408. The largest absolute Gasteiger partial charge is 0.356 e.